The van der Waals surface area contributed by atoms with Gasteiger partial charge in [-0.15, -0.1) is 0 Å². The van der Waals surface area contributed by atoms with E-state index in [0.29, 0.717) is 27.9 Å². The van der Waals surface area contributed by atoms with Crippen LogP contribution in [0, 0.1) is 12.3 Å². The molecular formula is C24H22FN5O5. The number of amides is 4. The number of nitrogens with one attached hydrogen (secondary N) is 2. The summed E-state index contributed by atoms with van der Waals surface area (Å²) in [5.74, 6) is -1.56. The second-order valence-corrected chi connectivity index (χ2v) is 9.35. The number of anilines is 1. The Labute approximate surface area is 198 Å². The van der Waals surface area contributed by atoms with E-state index in [1.807, 2.05) is 19.1 Å². The number of ether oxygens (including phenoxy) is 1. The molecule has 0 bridgehead atoms. The molecule has 4 atom stereocenters. The van der Waals surface area contributed by atoms with Gasteiger partial charge < -0.3 is 14.2 Å². The lowest BCUT2D eigenvalue weighted by Gasteiger charge is -2.56. The molecule has 180 valence electrons. The first-order chi connectivity index (χ1) is 16.7. The molecular weight excluding hydrogens is 457 g/mol. The first-order valence-electron chi connectivity index (χ1n) is 11.3. The largest absolute Gasteiger partial charge is 0.368 e. The Morgan fingerprint density at radius 3 is 2.54 bits per heavy atom. The minimum absolute atomic E-state index is 0.0596. The number of aromatic nitrogens is 2. The number of fused-ring (bicyclic) bond motifs is 5. The first kappa shape index (κ1) is 21.7. The van der Waals surface area contributed by atoms with Gasteiger partial charge in [-0.3, -0.25) is 25.2 Å². The van der Waals surface area contributed by atoms with Crippen LogP contribution in [-0.4, -0.2) is 52.5 Å². The highest BCUT2D eigenvalue weighted by Gasteiger charge is 2.64. The molecule has 2 aromatic heterocycles. The van der Waals surface area contributed by atoms with Crippen molar-refractivity contribution in [3.8, 4) is 11.3 Å². The predicted molar refractivity (Wildman–Crippen MR) is 121 cm³/mol. The maximum atomic E-state index is 15.8. The molecule has 2 saturated heterocycles. The lowest BCUT2D eigenvalue weighted by Crippen LogP contribution is -2.76. The highest BCUT2D eigenvalue weighted by Crippen LogP contribution is 2.50. The van der Waals surface area contributed by atoms with Crippen LogP contribution < -0.4 is 15.5 Å². The van der Waals surface area contributed by atoms with E-state index in [2.05, 4.69) is 20.8 Å². The third kappa shape index (κ3) is 2.94. The zero-order valence-electron chi connectivity index (χ0n) is 19.2. The summed E-state index contributed by atoms with van der Waals surface area (Å²) in [4.78, 5) is 44.2. The molecule has 3 aliphatic heterocycles. The fourth-order valence-corrected chi connectivity index (χ4v) is 5.62. The fraction of sp³-hybridized carbons (Fsp3) is 0.375. The Balaban J connectivity index is 1.58. The molecule has 35 heavy (non-hydrogen) atoms. The number of benzene rings is 1. The van der Waals surface area contributed by atoms with Crippen molar-refractivity contribution in [2.24, 2.45) is 5.41 Å². The summed E-state index contributed by atoms with van der Waals surface area (Å²) in [5, 5.41) is 9.25. The number of pyridine rings is 1. The minimum Gasteiger partial charge on any atom is -0.368 e. The van der Waals surface area contributed by atoms with Crippen molar-refractivity contribution in [2.45, 2.75) is 51.7 Å². The number of rotatable bonds is 1. The van der Waals surface area contributed by atoms with Crippen LogP contribution in [0.25, 0.3) is 22.2 Å². The van der Waals surface area contributed by atoms with E-state index >= 15 is 4.39 Å². The number of alkyl halides is 1. The fourth-order valence-electron chi connectivity index (χ4n) is 5.62. The van der Waals surface area contributed by atoms with Crippen LogP contribution in [0.15, 0.2) is 35.0 Å². The molecule has 11 heteroatoms. The van der Waals surface area contributed by atoms with Crippen molar-refractivity contribution >= 4 is 34.5 Å². The van der Waals surface area contributed by atoms with Gasteiger partial charge in [0, 0.05) is 29.2 Å². The van der Waals surface area contributed by atoms with Gasteiger partial charge in [0.25, 0.3) is 0 Å². The summed E-state index contributed by atoms with van der Waals surface area (Å²) in [6, 6.07) is 5.28. The molecule has 6 rings (SSSR count). The highest BCUT2D eigenvalue weighted by atomic mass is 19.1. The highest BCUT2D eigenvalue weighted by molar-refractivity contribution is 6.20. The Morgan fingerprint density at radius 2 is 1.86 bits per heavy atom. The maximum Gasteiger partial charge on any atom is 0.328 e. The number of hydrogen-bond donors (Lipinski definition) is 2. The monoisotopic (exact) mass is 479 g/mol. The second-order valence-electron chi connectivity index (χ2n) is 9.35. The molecule has 2 fully saturated rings. The summed E-state index contributed by atoms with van der Waals surface area (Å²) in [6.07, 6.45) is -1.53. The summed E-state index contributed by atoms with van der Waals surface area (Å²) >= 11 is 0. The number of nitrogens with zero attached hydrogens (tertiary/aromatic N) is 3. The molecule has 0 aliphatic carbocycles. The lowest BCUT2D eigenvalue weighted by atomic mass is 9.66. The zero-order chi connectivity index (χ0) is 24.6. The molecule has 3 aliphatic rings. The van der Waals surface area contributed by atoms with E-state index in [4.69, 9.17) is 9.26 Å². The minimum atomic E-state index is -1.78. The lowest BCUT2D eigenvalue weighted by molar-refractivity contribution is -0.159. The van der Waals surface area contributed by atoms with E-state index in [9.17, 15) is 14.4 Å². The molecule has 0 radical (unpaired) electrons. The number of carbonyl (C=O) groups is 3. The van der Waals surface area contributed by atoms with E-state index in [1.54, 1.807) is 32.2 Å². The number of hydrogen-bond acceptors (Lipinski definition) is 8. The third-order valence-electron chi connectivity index (χ3n) is 7.20. The summed E-state index contributed by atoms with van der Waals surface area (Å²) in [6.45, 7) is 5.16. The van der Waals surface area contributed by atoms with Crippen LogP contribution in [0.5, 0.6) is 0 Å². The van der Waals surface area contributed by atoms with Gasteiger partial charge in [0.05, 0.1) is 17.5 Å². The SMILES string of the molecule is Cc1ccc(-c2noc3cc4c(cc23)CC2(C(=O)NC(=O)NC2=O)C2C(C)OC(C)C(F)N42)cn1. The van der Waals surface area contributed by atoms with Gasteiger partial charge in [0.15, 0.2) is 17.3 Å². The molecule has 4 unspecified atom stereocenters. The van der Waals surface area contributed by atoms with Crippen LogP contribution in [0.4, 0.5) is 14.9 Å². The molecule has 2 N–H and O–H groups in total. The van der Waals surface area contributed by atoms with Crippen molar-refractivity contribution in [2.75, 3.05) is 4.90 Å². The molecule has 1 spiro atoms. The van der Waals surface area contributed by atoms with Gasteiger partial charge in [-0.05, 0) is 51.0 Å². The van der Waals surface area contributed by atoms with Gasteiger partial charge in [-0.2, -0.15) is 0 Å². The van der Waals surface area contributed by atoms with Crippen molar-refractivity contribution in [1.29, 1.82) is 0 Å². The Bertz CT molecular complexity index is 1380. The van der Waals surface area contributed by atoms with Crippen LogP contribution in [0.1, 0.15) is 25.1 Å². The Morgan fingerprint density at radius 1 is 1.11 bits per heavy atom. The molecule has 10 nitrogen and oxygen atoms in total. The maximum absolute atomic E-state index is 15.8. The van der Waals surface area contributed by atoms with Crippen LogP contribution in [0.2, 0.25) is 0 Å². The topological polar surface area (TPSA) is 127 Å². The van der Waals surface area contributed by atoms with E-state index in [-0.39, 0.29) is 6.42 Å². The Kier molecular flexibility index (Phi) is 4.53. The number of carbonyl (C=O) groups excluding carboxylic acids is 3. The van der Waals surface area contributed by atoms with Gasteiger partial charge in [0.1, 0.15) is 11.8 Å². The van der Waals surface area contributed by atoms with Gasteiger partial charge in [-0.1, -0.05) is 5.16 Å². The summed E-state index contributed by atoms with van der Waals surface area (Å²) in [7, 11) is 0. The third-order valence-corrected chi connectivity index (χ3v) is 7.20. The van der Waals surface area contributed by atoms with Gasteiger partial charge in [-0.25, -0.2) is 9.18 Å². The molecule has 5 heterocycles. The first-order valence-corrected chi connectivity index (χ1v) is 11.3. The van der Waals surface area contributed by atoms with Gasteiger partial charge >= 0.3 is 6.03 Å². The van der Waals surface area contributed by atoms with Crippen molar-refractivity contribution in [1.82, 2.24) is 20.8 Å². The number of barbiturate groups is 1. The van der Waals surface area contributed by atoms with Gasteiger partial charge in [0.2, 0.25) is 11.8 Å². The van der Waals surface area contributed by atoms with Crippen molar-refractivity contribution in [3.63, 3.8) is 0 Å². The average molecular weight is 479 g/mol. The van der Waals surface area contributed by atoms with E-state index < -0.39 is 47.8 Å². The standard InChI is InChI=1S/C24H22FN5O5/c1-10-4-5-13(9-26-10)18-15-6-14-8-24(21(31)27-23(33)28-22(24)32)19-11(2)34-12(3)20(25)30(19)16(14)7-17(15)35-29-18/h4-7,9,11-12,19-20H,8H2,1-3H3,(H2,27,28,31,32,33). The average Bonchev–Trinajstić information content (AvgIpc) is 3.22. The normalized spacial score (nSPS) is 27.4. The smallest absolute Gasteiger partial charge is 0.328 e. The van der Waals surface area contributed by atoms with E-state index in [1.165, 1.54) is 4.90 Å². The number of aryl methyl sites for hydroxylation is 1. The molecule has 4 amide bonds. The van der Waals surface area contributed by atoms with Crippen LogP contribution in [0.3, 0.4) is 0 Å². The summed E-state index contributed by atoms with van der Waals surface area (Å²) < 4.78 is 27.1. The molecule has 0 saturated carbocycles. The van der Waals surface area contributed by atoms with E-state index in [0.717, 1.165) is 11.3 Å². The predicted octanol–water partition coefficient (Wildman–Crippen LogP) is 2.38. The van der Waals surface area contributed by atoms with Crippen LogP contribution in [-0.2, 0) is 20.7 Å². The number of morpholine rings is 1. The second kappa shape index (κ2) is 7.32. The summed E-state index contributed by atoms with van der Waals surface area (Å²) in [5.41, 5.74) is 1.82. The quantitative estimate of drug-likeness (QED) is 0.402. The zero-order valence-corrected chi connectivity index (χ0v) is 19.2. The van der Waals surface area contributed by atoms with Crippen molar-refractivity contribution < 1.29 is 28.0 Å². The molecule has 3 aromatic rings. The number of halogens is 1. The number of imide groups is 2. The molecule has 1 aromatic carbocycles. The van der Waals surface area contributed by atoms with Crippen molar-refractivity contribution in [3.05, 3.63) is 41.7 Å². The Hall–Kier alpha value is -3.86. The van der Waals surface area contributed by atoms with Crippen LogP contribution >= 0.6 is 0 Å². The number of urea groups is 1.